The van der Waals surface area contributed by atoms with E-state index in [0.29, 0.717) is 18.8 Å². The van der Waals surface area contributed by atoms with Gasteiger partial charge in [0, 0.05) is 31.0 Å². The number of carbonyl (C=O) groups excluding carboxylic acids is 1. The van der Waals surface area contributed by atoms with Gasteiger partial charge < -0.3 is 4.90 Å². The molecule has 1 fully saturated rings. The Labute approximate surface area is 149 Å². The molecular weight excluding hydrogens is 334 g/mol. The van der Waals surface area contributed by atoms with E-state index in [2.05, 4.69) is 27.4 Å². The first kappa shape index (κ1) is 15.0. The predicted molar refractivity (Wildman–Crippen MR) is 96.1 cm³/mol. The van der Waals surface area contributed by atoms with Crippen LogP contribution in [-0.2, 0) is 17.6 Å². The molecule has 2 aromatic heterocycles. The molecule has 0 saturated heterocycles. The molecule has 6 nitrogen and oxygen atoms in total. The Kier molecular flexibility index (Phi) is 3.55. The normalized spacial score (nSPS) is 17.0. The Balaban J connectivity index is 1.31. The maximum atomic E-state index is 12.7. The molecule has 0 radical (unpaired) electrons. The van der Waals surface area contributed by atoms with Crippen LogP contribution in [0.3, 0.4) is 0 Å². The quantitative estimate of drug-likeness (QED) is 0.723. The molecule has 128 valence electrons. The van der Waals surface area contributed by atoms with E-state index in [1.165, 1.54) is 18.4 Å². The van der Waals surface area contributed by atoms with Crippen LogP contribution in [0.25, 0.3) is 4.96 Å². The molecule has 25 heavy (non-hydrogen) atoms. The molecule has 3 heterocycles. The third-order valence-electron chi connectivity index (χ3n) is 4.96. The summed E-state index contributed by atoms with van der Waals surface area (Å²) in [5.41, 5.74) is 2.35. The minimum atomic E-state index is 0.181. The van der Waals surface area contributed by atoms with Crippen LogP contribution in [0.15, 0.2) is 24.3 Å². The standard InChI is InChI=1S/C18H19N5OS/c24-16(22-11-3-5-12-4-1-2-6-14(12)22)10-9-15-21-23-17(13-7-8-13)19-20-18(23)25-15/h1-2,4,6,13H,3,5,7-11H2. The van der Waals surface area contributed by atoms with E-state index < -0.39 is 0 Å². The zero-order chi connectivity index (χ0) is 16.8. The van der Waals surface area contributed by atoms with E-state index >= 15 is 0 Å². The van der Waals surface area contributed by atoms with Crippen LogP contribution in [0.2, 0.25) is 0 Å². The van der Waals surface area contributed by atoms with E-state index in [4.69, 9.17) is 0 Å². The molecule has 0 unspecified atom stereocenters. The van der Waals surface area contributed by atoms with Crippen LogP contribution < -0.4 is 4.90 Å². The smallest absolute Gasteiger partial charge is 0.234 e. The van der Waals surface area contributed by atoms with Gasteiger partial charge in [-0.3, -0.25) is 4.79 Å². The van der Waals surface area contributed by atoms with Crippen LogP contribution in [-0.4, -0.2) is 32.3 Å². The van der Waals surface area contributed by atoms with E-state index in [-0.39, 0.29) is 5.91 Å². The van der Waals surface area contributed by atoms with Gasteiger partial charge in [-0.05, 0) is 37.3 Å². The average molecular weight is 353 g/mol. The number of fused-ring (bicyclic) bond motifs is 2. The number of rotatable bonds is 4. The summed E-state index contributed by atoms with van der Waals surface area (Å²) < 4.78 is 1.87. The van der Waals surface area contributed by atoms with Crippen LogP contribution in [0.5, 0.6) is 0 Å². The monoisotopic (exact) mass is 353 g/mol. The van der Waals surface area contributed by atoms with E-state index in [1.807, 2.05) is 21.5 Å². The lowest BCUT2D eigenvalue weighted by atomic mass is 10.0. The summed E-state index contributed by atoms with van der Waals surface area (Å²) in [5.74, 6) is 1.69. The van der Waals surface area contributed by atoms with Crippen LogP contribution >= 0.6 is 11.3 Å². The highest BCUT2D eigenvalue weighted by Gasteiger charge is 2.30. The van der Waals surface area contributed by atoms with Gasteiger partial charge in [-0.2, -0.15) is 9.61 Å². The van der Waals surface area contributed by atoms with Crippen molar-refractivity contribution in [2.75, 3.05) is 11.4 Å². The maximum Gasteiger partial charge on any atom is 0.234 e. The highest BCUT2D eigenvalue weighted by molar-refractivity contribution is 7.16. The van der Waals surface area contributed by atoms with Gasteiger partial charge in [0.2, 0.25) is 10.9 Å². The summed E-state index contributed by atoms with van der Waals surface area (Å²) in [4.78, 5) is 15.5. The number of hydrogen-bond acceptors (Lipinski definition) is 5. The number of amides is 1. The summed E-state index contributed by atoms with van der Waals surface area (Å²) in [6.07, 6.45) is 5.60. The molecule has 1 aliphatic heterocycles. The second kappa shape index (κ2) is 5.91. The average Bonchev–Trinajstić information content (AvgIpc) is 3.28. The fourth-order valence-corrected chi connectivity index (χ4v) is 4.35. The molecule has 0 spiro atoms. The fourth-order valence-electron chi connectivity index (χ4n) is 3.51. The first-order valence-electron chi connectivity index (χ1n) is 8.89. The van der Waals surface area contributed by atoms with Gasteiger partial charge in [-0.15, -0.1) is 10.2 Å². The van der Waals surface area contributed by atoms with Crippen molar-refractivity contribution >= 4 is 27.9 Å². The predicted octanol–water partition coefficient (Wildman–Crippen LogP) is 2.98. The van der Waals surface area contributed by atoms with E-state index in [0.717, 1.165) is 40.9 Å². The molecular formula is C18H19N5OS. The summed E-state index contributed by atoms with van der Waals surface area (Å²) in [5, 5.41) is 14.1. The number of anilines is 1. The molecule has 1 saturated carbocycles. The Morgan fingerprint density at radius 1 is 1.24 bits per heavy atom. The molecule has 0 atom stereocenters. The Bertz CT molecular complexity index is 942. The van der Waals surface area contributed by atoms with Gasteiger partial charge >= 0.3 is 0 Å². The Hall–Kier alpha value is -2.28. The Morgan fingerprint density at radius 3 is 3.00 bits per heavy atom. The lowest BCUT2D eigenvalue weighted by Gasteiger charge is -2.29. The van der Waals surface area contributed by atoms with Crippen molar-refractivity contribution in [1.82, 2.24) is 19.8 Å². The van der Waals surface area contributed by atoms with Gasteiger partial charge in [0.25, 0.3) is 0 Å². The summed E-state index contributed by atoms with van der Waals surface area (Å²) in [6, 6.07) is 8.23. The van der Waals surface area contributed by atoms with Gasteiger partial charge in [0.15, 0.2) is 5.82 Å². The SMILES string of the molecule is O=C(CCc1nn2c(C3CC3)nnc2s1)N1CCCc2ccccc21. The highest BCUT2D eigenvalue weighted by atomic mass is 32.1. The van der Waals surface area contributed by atoms with Gasteiger partial charge in [-0.25, -0.2) is 0 Å². The molecule has 1 amide bonds. The highest BCUT2D eigenvalue weighted by Crippen LogP contribution is 2.39. The summed E-state index contributed by atoms with van der Waals surface area (Å²) >= 11 is 1.55. The molecule has 1 aliphatic carbocycles. The number of benzene rings is 1. The second-order valence-corrected chi connectivity index (χ2v) is 7.84. The molecule has 5 rings (SSSR count). The number of hydrogen-bond donors (Lipinski definition) is 0. The third kappa shape index (κ3) is 2.72. The van der Waals surface area contributed by atoms with E-state index in [1.54, 1.807) is 11.3 Å². The number of carbonyl (C=O) groups is 1. The lowest BCUT2D eigenvalue weighted by Crippen LogP contribution is -2.35. The maximum absolute atomic E-state index is 12.7. The largest absolute Gasteiger partial charge is 0.312 e. The Morgan fingerprint density at radius 2 is 2.12 bits per heavy atom. The molecule has 2 aliphatic rings. The first-order chi connectivity index (χ1) is 12.3. The number of nitrogens with zero attached hydrogens (tertiary/aromatic N) is 5. The molecule has 7 heteroatoms. The van der Waals surface area contributed by atoms with Crippen molar-refractivity contribution in [2.24, 2.45) is 0 Å². The number of aromatic nitrogens is 4. The molecule has 0 bridgehead atoms. The molecule has 0 N–H and O–H groups in total. The minimum absolute atomic E-state index is 0.181. The number of para-hydroxylation sites is 1. The third-order valence-corrected chi connectivity index (χ3v) is 5.92. The number of aryl methyl sites for hydroxylation is 2. The lowest BCUT2D eigenvalue weighted by molar-refractivity contribution is -0.118. The fraction of sp³-hybridized carbons (Fsp3) is 0.444. The summed E-state index contributed by atoms with van der Waals surface area (Å²) in [6.45, 7) is 0.812. The van der Waals surface area contributed by atoms with Crippen LogP contribution in [0.1, 0.15) is 48.0 Å². The zero-order valence-corrected chi connectivity index (χ0v) is 14.7. The zero-order valence-electron chi connectivity index (χ0n) is 13.9. The van der Waals surface area contributed by atoms with Crippen molar-refractivity contribution in [2.45, 2.75) is 44.4 Å². The molecule has 3 aromatic rings. The first-order valence-corrected chi connectivity index (χ1v) is 9.70. The van der Waals surface area contributed by atoms with Crippen LogP contribution in [0.4, 0.5) is 5.69 Å². The van der Waals surface area contributed by atoms with Crippen molar-refractivity contribution < 1.29 is 4.79 Å². The summed E-state index contributed by atoms with van der Waals surface area (Å²) in [7, 11) is 0. The van der Waals surface area contributed by atoms with Crippen molar-refractivity contribution in [3.63, 3.8) is 0 Å². The minimum Gasteiger partial charge on any atom is -0.312 e. The van der Waals surface area contributed by atoms with Crippen molar-refractivity contribution in [3.05, 3.63) is 40.7 Å². The van der Waals surface area contributed by atoms with E-state index in [9.17, 15) is 4.79 Å². The topological polar surface area (TPSA) is 63.4 Å². The van der Waals surface area contributed by atoms with Crippen molar-refractivity contribution in [3.8, 4) is 0 Å². The van der Waals surface area contributed by atoms with Crippen LogP contribution in [0, 0.1) is 0 Å². The van der Waals surface area contributed by atoms with Crippen molar-refractivity contribution in [1.29, 1.82) is 0 Å². The van der Waals surface area contributed by atoms with Gasteiger partial charge in [-0.1, -0.05) is 29.5 Å². The van der Waals surface area contributed by atoms with Gasteiger partial charge in [0.05, 0.1) is 0 Å². The van der Waals surface area contributed by atoms with Gasteiger partial charge in [0.1, 0.15) is 5.01 Å². The molecule has 1 aromatic carbocycles. The second-order valence-electron chi connectivity index (χ2n) is 6.80.